The van der Waals surface area contributed by atoms with Gasteiger partial charge in [-0.05, 0) is 68.2 Å². The van der Waals surface area contributed by atoms with Crippen molar-refractivity contribution in [3.05, 3.63) is 29.3 Å². The number of hydrogen-bond acceptors (Lipinski definition) is 1. The van der Waals surface area contributed by atoms with Crippen LogP contribution in [0.5, 0.6) is 0 Å². The van der Waals surface area contributed by atoms with E-state index < -0.39 is 0 Å². The third-order valence-corrected chi connectivity index (χ3v) is 5.13. The maximum atomic E-state index is 3.80. The molecule has 3 unspecified atom stereocenters. The van der Waals surface area contributed by atoms with Crippen LogP contribution in [0.15, 0.2) is 18.2 Å². The molecule has 1 heteroatoms. The fourth-order valence-corrected chi connectivity index (χ4v) is 4.30. The second-order valence-corrected chi connectivity index (χ2v) is 6.84. The van der Waals surface area contributed by atoms with Gasteiger partial charge in [0.15, 0.2) is 0 Å². The highest BCUT2D eigenvalue weighted by Gasteiger charge is 2.31. The fraction of sp³-hybridized carbons (Fsp3) is 0.667. The van der Waals surface area contributed by atoms with E-state index in [0.717, 1.165) is 11.8 Å². The molecule has 1 N–H and O–H groups in total. The molecule has 1 aromatic rings. The molecule has 0 amide bonds. The van der Waals surface area contributed by atoms with Crippen molar-refractivity contribution in [1.29, 1.82) is 0 Å². The minimum atomic E-state index is 0.709. The number of hydrogen-bond donors (Lipinski definition) is 1. The van der Waals surface area contributed by atoms with Gasteiger partial charge in [0.05, 0.1) is 0 Å². The monoisotopic (exact) mass is 257 g/mol. The van der Waals surface area contributed by atoms with Crippen LogP contribution < -0.4 is 5.32 Å². The summed E-state index contributed by atoms with van der Waals surface area (Å²) in [5, 5.41) is 3.80. The lowest BCUT2D eigenvalue weighted by atomic mass is 9.69. The Bertz CT molecular complexity index is 417. The molecule has 0 aliphatic heterocycles. The van der Waals surface area contributed by atoms with Crippen LogP contribution in [-0.4, -0.2) is 6.04 Å². The molecule has 1 nitrogen and oxygen atoms in total. The van der Waals surface area contributed by atoms with Gasteiger partial charge in [0.1, 0.15) is 0 Å². The van der Waals surface area contributed by atoms with Crippen molar-refractivity contribution in [2.75, 3.05) is 5.32 Å². The highest BCUT2D eigenvalue weighted by atomic mass is 14.9. The van der Waals surface area contributed by atoms with E-state index >= 15 is 0 Å². The van der Waals surface area contributed by atoms with Crippen molar-refractivity contribution in [3.8, 4) is 0 Å². The summed E-state index contributed by atoms with van der Waals surface area (Å²) in [4.78, 5) is 0. The lowest BCUT2D eigenvalue weighted by Crippen LogP contribution is -2.34. The summed E-state index contributed by atoms with van der Waals surface area (Å²) in [6.45, 7) is 4.38. The zero-order chi connectivity index (χ0) is 13.2. The summed E-state index contributed by atoms with van der Waals surface area (Å²) in [7, 11) is 0. The van der Waals surface area contributed by atoms with Gasteiger partial charge in [0.2, 0.25) is 0 Å². The van der Waals surface area contributed by atoms with Gasteiger partial charge in [0, 0.05) is 11.7 Å². The molecule has 1 aromatic carbocycles. The van der Waals surface area contributed by atoms with Gasteiger partial charge in [0.25, 0.3) is 0 Å². The van der Waals surface area contributed by atoms with Gasteiger partial charge in [-0.3, -0.25) is 0 Å². The number of nitrogens with one attached hydrogen (secondary N) is 1. The van der Waals surface area contributed by atoms with Crippen molar-refractivity contribution >= 4 is 5.69 Å². The van der Waals surface area contributed by atoms with Crippen LogP contribution in [-0.2, 0) is 0 Å². The van der Waals surface area contributed by atoms with Crippen molar-refractivity contribution < 1.29 is 0 Å². The van der Waals surface area contributed by atoms with E-state index in [1.807, 2.05) is 0 Å². The average Bonchev–Trinajstić information content (AvgIpc) is 2.37. The Labute approximate surface area is 117 Å². The Kier molecular flexibility index (Phi) is 3.81. The van der Waals surface area contributed by atoms with Crippen LogP contribution in [0.4, 0.5) is 5.69 Å². The predicted octanol–water partition coefficient (Wildman–Crippen LogP) is 5.07. The van der Waals surface area contributed by atoms with Crippen molar-refractivity contribution in [2.45, 2.75) is 64.8 Å². The zero-order valence-electron chi connectivity index (χ0n) is 12.4. The molecule has 0 radical (unpaired) electrons. The lowest BCUT2D eigenvalue weighted by molar-refractivity contribution is 0.162. The maximum Gasteiger partial charge on any atom is 0.0347 e. The SMILES string of the molecule is Cc1cc(C)cc(NC2CCC3CCCCC3C2)c1. The first kappa shape index (κ1) is 13.0. The summed E-state index contributed by atoms with van der Waals surface area (Å²) in [6, 6.07) is 7.55. The van der Waals surface area contributed by atoms with Crippen LogP contribution in [0, 0.1) is 25.7 Å². The quantitative estimate of drug-likeness (QED) is 0.779. The zero-order valence-corrected chi connectivity index (χ0v) is 12.4. The number of anilines is 1. The Morgan fingerprint density at radius 2 is 1.53 bits per heavy atom. The van der Waals surface area contributed by atoms with Crippen LogP contribution >= 0.6 is 0 Å². The van der Waals surface area contributed by atoms with Crippen molar-refractivity contribution in [1.82, 2.24) is 0 Å². The Morgan fingerprint density at radius 1 is 0.842 bits per heavy atom. The van der Waals surface area contributed by atoms with Gasteiger partial charge >= 0.3 is 0 Å². The first-order valence-electron chi connectivity index (χ1n) is 8.05. The molecule has 0 saturated heterocycles. The predicted molar refractivity (Wildman–Crippen MR) is 82.6 cm³/mol. The minimum Gasteiger partial charge on any atom is -0.382 e. The summed E-state index contributed by atoms with van der Waals surface area (Å²) in [5.41, 5.74) is 4.07. The fourth-order valence-electron chi connectivity index (χ4n) is 4.30. The molecule has 2 aliphatic carbocycles. The molecule has 3 rings (SSSR count). The number of rotatable bonds is 2. The van der Waals surface area contributed by atoms with Crippen molar-refractivity contribution in [3.63, 3.8) is 0 Å². The largest absolute Gasteiger partial charge is 0.382 e. The highest BCUT2D eigenvalue weighted by molar-refractivity contribution is 5.49. The summed E-state index contributed by atoms with van der Waals surface area (Å²) in [6.07, 6.45) is 10.2. The van der Waals surface area contributed by atoms with Gasteiger partial charge < -0.3 is 5.32 Å². The molecule has 3 atom stereocenters. The minimum absolute atomic E-state index is 0.709. The molecule has 0 heterocycles. The second kappa shape index (κ2) is 5.56. The average molecular weight is 257 g/mol. The van der Waals surface area contributed by atoms with E-state index in [2.05, 4.69) is 37.4 Å². The Balaban J connectivity index is 1.64. The Hall–Kier alpha value is -0.980. The Morgan fingerprint density at radius 3 is 2.26 bits per heavy atom. The molecule has 2 saturated carbocycles. The maximum absolute atomic E-state index is 3.80. The summed E-state index contributed by atoms with van der Waals surface area (Å²) < 4.78 is 0. The van der Waals surface area contributed by atoms with Crippen molar-refractivity contribution in [2.24, 2.45) is 11.8 Å². The van der Waals surface area contributed by atoms with Gasteiger partial charge in [-0.15, -0.1) is 0 Å². The van der Waals surface area contributed by atoms with Crippen LogP contribution in [0.1, 0.15) is 56.1 Å². The van der Waals surface area contributed by atoms with E-state index in [1.165, 1.54) is 61.8 Å². The first-order chi connectivity index (χ1) is 9.20. The van der Waals surface area contributed by atoms with E-state index in [1.54, 1.807) is 0 Å². The topological polar surface area (TPSA) is 12.0 Å². The standard InChI is InChI=1S/C18H27N/c1-13-9-14(2)11-18(10-13)19-17-8-7-15-5-3-4-6-16(15)12-17/h9-11,15-17,19H,3-8,12H2,1-2H3. The first-order valence-corrected chi connectivity index (χ1v) is 8.05. The van der Waals surface area contributed by atoms with Crippen LogP contribution in [0.2, 0.25) is 0 Å². The molecule has 2 fully saturated rings. The molecule has 0 bridgehead atoms. The van der Waals surface area contributed by atoms with Gasteiger partial charge in [-0.25, -0.2) is 0 Å². The van der Waals surface area contributed by atoms with Gasteiger partial charge in [-0.1, -0.05) is 31.7 Å². The van der Waals surface area contributed by atoms with E-state index in [0.29, 0.717) is 6.04 Å². The highest BCUT2D eigenvalue weighted by Crippen LogP contribution is 2.41. The summed E-state index contributed by atoms with van der Waals surface area (Å²) in [5.74, 6) is 2.05. The third-order valence-electron chi connectivity index (χ3n) is 5.13. The van der Waals surface area contributed by atoms with E-state index in [-0.39, 0.29) is 0 Å². The second-order valence-electron chi connectivity index (χ2n) is 6.84. The van der Waals surface area contributed by atoms with Gasteiger partial charge in [-0.2, -0.15) is 0 Å². The number of fused-ring (bicyclic) bond motifs is 1. The smallest absolute Gasteiger partial charge is 0.0347 e. The van der Waals surface area contributed by atoms with E-state index in [9.17, 15) is 0 Å². The summed E-state index contributed by atoms with van der Waals surface area (Å²) >= 11 is 0. The molecule has 0 spiro atoms. The van der Waals surface area contributed by atoms with Crippen LogP contribution in [0.25, 0.3) is 0 Å². The molecule has 2 aliphatic rings. The van der Waals surface area contributed by atoms with E-state index in [4.69, 9.17) is 0 Å². The lowest BCUT2D eigenvalue weighted by Gasteiger charge is -2.39. The molecular formula is C18H27N. The number of benzene rings is 1. The number of aryl methyl sites for hydroxylation is 2. The molecular weight excluding hydrogens is 230 g/mol. The molecule has 0 aromatic heterocycles. The third kappa shape index (κ3) is 3.13. The molecule has 19 heavy (non-hydrogen) atoms. The van der Waals surface area contributed by atoms with Crippen LogP contribution in [0.3, 0.4) is 0 Å². The molecule has 104 valence electrons. The normalized spacial score (nSPS) is 30.7.